The van der Waals surface area contributed by atoms with Crippen LogP contribution >= 0.6 is 11.8 Å². The first-order chi connectivity index (χ1) is 6.73. The van der Waals surface area contributed by atoms with Crippen molar-refractivity contribution in [2.45, 2.75) is 18.3 Å². The summed E-state index contributed by atoms with van der Waals surface area (Å²) in [4.78, 5) is 20.5. The van der Waals surface area contributed by atoms with E-state index in [1.807, 2.05) is 5.32 Å². The van der Waals surface area contributed by atoms with Crippen molar-refractivity contribution in [2.75, 3.05) is 12.3 Å². The number of carbonyl (C=O) groups excluding carboxylic acids is 1. The van der Waals surface area contributed by atoms with Gasteiger partial charge in [-0.2, -0.15) is 13.2 Å². The van der Waals surface area contributed by atoms with E-state index in [9.17, 15) is 22.8 Å². The molecule has 0 spiro atoms. The molecule has 0 aliphatic heterocycles. The third-order valence-electron chi connectivity index (χ3n) is 1.31. The van der Waals surface area contributed by atoms with Gasteiger partial charge in [-0.05, 0) is 0 Å². The zero-order valence-corrected chi connectivity index (χ0v) is 8.61. The van der Waals surface area contributed by atoms with Gasteiger partial charge in [0.25, 0.3) is 0 Å². The number of carboxylic acid groups (broad SMARTS) is 1. The lowest BCUT2D eigenvalue weighted by atomic mass is 10.4. The zero-order chi connectivity index (χ0) is 12.1. The second kappa shape index (κ2) is 5.84. The van der Waals surface area contributed by atoms with Gasteiger partial charge in [0.1, 0.15) is 5.25 Å². The molecule has 0 aromatic heterocycles. The Morgan fingerprint density at radius 1 is 1.47 bits per heavy atom. The summed E-state index contributed by atoms with van der Waals surface area (Å²) in [5.41, 5.74) is 0. The average molecular weight is 245 g/mol. The summed E-state index contributed by atoms with van der Waals surface area (Å²) < 4.78 is 36.8. The molecule has 0 radical (unpaired) electrons. The highest BCUT2D eigenvalue weighted by Crippen LogP contribution is 2.29. The van der Waals surface area contributed by atoms with Crippen molar-refractivity contribution in [1.82, 2.24) is 5.32 Å². The molecular weight excluding hydrogens is 235 g/mol. The predicted octanol–water partition coefficient (Wildman–Crippen LogP) is 0.871. The zero-order valence-electron chi connectivity index (χ0n) is 7.80. The number of amides is 1. The minimum Gasteiger partial charge on any atom is -0.481 e. The summed E-state index contributed by atoms with van der Waals surface area (Å²) in [5.74, 6) is -2.55. The minimum atomic E-state index is -4.53. The van der Waals surface area contributed by atoms with Crippen LogP contribution in [0.4, 0.5) is 13.2 Å². The van der Waals surface area contributed by atoms with Gasteiger partial charge >= 0.3 is 12.1 Å². The molecule has 0 rings (SSSR count). The molecular formula is C7H10F3NO3S. The summed E-state index contributed by atoms with van der Waals surface area (Å²) >= 11 is 0.239. The fraction of sp³-hybridized carbons (Fsp3) is 0.714. The Hall–Kier alpha value is -0.920. The molecule has 0 fully saturated rings. The van der Waals surface area contributed by atoms with Crippen LogP contribution in [0, 0.1) is 0 Å². The molecule has 1 unspecified atom stereocenters. The third-order valence-corrected chi connectivity index (χ3v) is 2.56. The Labute approximate surface area is 88.2 Å². The second-order valence-corrected chi connectivity index (χ2v) is 3.86. The van der Waals surface area contributed by atoms with E-state index < -0.39 is 35.6 Å². The highest BCUT2D eigenvalue weighted by Gasteiger charge is 2.40. The van der Waals surface area contributed by atoms with Crippen LogP contribution in [0.15, 0.2) is 0 Å². The van der Waals surface area contributed by atoms with Crippen molar-refractivity contribution >= 4 is 23.6 Å². The van der Waals surface area contributed by atoms with Crippen LogP contribution in [-0.2, 0) is 9.59 Å². The Kier molecular flexibility index (Phi) is 5.48. The van der Waals surface area contributed by atoms with E-state index >= 15 is 0 Å². The molecule has 2 N–H and O–H groups in total. The van der Waals surface area contributed by atoms with Crippen LogP contribution in [0.1, 0.15) is 6.92 Å². The van der Waals surface area contributed by atoms with Gasteiger partial charge in [0.15, 0.2) is 0 Å². The fourth-order valence-corrected chi connectivity index (χ4v) is 1.41. The van der Waals surface area contributed by atoms with E-state index in [1.165, 1.54) is 0 Å². The number of carboxylic acids is 1. The van der Waals surface area contributed by atoms with Crippen LogP contribution in [0.2, 0.25) is 0 Å². The van der Waals surface area contributed by atoms with E-state index in [0.717, 1.165) is 6.92 Å². The van der Waals surface area contributed by atoms with E-state index in [1.54, 1.807) is 0 Å². The normalized spacial score (nSPS) is 13.3. The molecule has 1 amide bonds. The largest absolute Gasteiger partial charge is 0.481 e. The second-order valence-electron chi connectivity index (χ2n) is 2.67. The van der Waals surface area contributed by atoms with Crippen LogP contribution in [0.3, 0.4) is 0 Å². The van der Waals surface area contributed by atoms with Crippen molar-refractivity contribution in [2.24, 2.45) is 0 Å². The smallest absolute Gasteiger partial charge is 0.402 e. The molecule has 0 bridgehead atoms. The van der Waals surface area contributed by atoms with Gasteiger partial charge < -0.3 is 10.4 Å². The van der Waals surface area contributed by atoms with Crippen LogP contribution in [0.25, 0.3) is 0 Å². The number of rotatable bonds is 5. The number of hydrogen-bond donors (Lipinski definition) is 2. The summed E-state index contributed by atoms with van der Waals surface area (Å²) in [7, 11) is 0. The molecule has 0 aromatic carbocycles. The third kappa shape index (κ3) is 7.06. The Balaban J connectivity index is 4.19. The number of hydrogen-bond acceptors (Lipinski definition) is 3. The van der Waals surface area contributed by atoms with Crippen LogP contribution in [0.5, 0.6) is 0 Å². The lowest BCUT2D eigenvalue weighted by molar-refractivity contribution is -0.134. The summed E-state index contributed by atoms with van der Waals surface area (Å²) in [6.45, 7) is 0.478. The molecule has 4 nitrogen and oxygen atoms in total. The highest BCUT2D eigenvalue weighted by molar-refractivity contribution is 8.00. The molecule has 8 heteroatoms. The van der Waals surface area contributed by atoms with Gasteiger partial charge in [-0.25, -0.2) is 0 Å². The van der Waals surface area contributed by atoms with Crippen molar-refractivity contribution < 1.29 is 27.9 Å². The average Bonchev–Trinajstić information content (AvgIpc) is 2.00. The lowest BCUT2D eigenvalue weighted by Crippen LogP contribution is -2.38. The van der Waals surface area contributed by atoms with Gasteiger partial charge in [0.05, 0.1) is 5.75 Å². The lowest BCUT2D eigenvalue weighted by Gasteiger charge is -2.18. The Morgan fingerprint density at radius 3 is 2.33 bits per heavy atom. The van der Waals surface area contributed by atoms with Gasteiger partial charge in [-0.1, -0.05) is 0 Å². The fourth-order valence-electron chi connectivity index (χ4n) is 0.677. The number of nitrogens with one attached hydrogen (secondary N) is 1. The summed E-state index contributed by atoms with van der Waals surface area (Å²) in [6, 6.07) is 0. The van der Waals surface area contributed by atoms with E-state index in [0.29, 0.717) is 0 Å². The van der Waals surface area contributed by atoms with Gasteiger partial charge in [0, 0.05) is 13.5 Å². The topological polar surface area (TPSA) is 66.4 Å². The first-order valence-corrected chi connectivity index (χ1v) is 4.93. The number of halogens is 3. The minimum absolute atomic E-state index is 0.239. The van der Waals surface area contributed by atoms with Crippen molar-refractivity contribution in [3.63, 3.8) is 0 Å². The van der Waals surface area contributed by atoms with Crippen LogP contribution < -0.4 is 5.32 Å². The maximum atomic E-state index is 12.3. The number of aliphatic carboxylic acids is 1. The first kappa shape index (κ1) is 14.1. The molecule has 0 saturated heterocycles. The molecule has 0 aromatic rings. The first-order valence-electron chi connectivity index (χ1n) is 3.88. The molecule has 88 valence electrons. The van der Waals surface area contributed by atoms with E-state index in [4.69, 9.17) is 5.11 Å². The monoisotopic (exact) mass is 245 g/mol. The number of thioether (sulfide) groups is 1. The standard InChI is InChI=1S/C7H10F3NO3S/c1-4(12)11-2-5(7(8,9)10)15-3-6(13)14/h5H,2-3H2,1H3,(H,11,12)(H,13,14). The van der Waals surface area contributed by atoms with Gasteiger partial charge in [-0.15, -0.1) is 11.8 Å². The Bertz CT molecular complexity index is 226. The van der Waals surface area contributed by atoms with E-state index in [2.05, 4.69) is 0 Å². The van der Waals surface area contributed by atoms with Crippen molar-refractivity contribution in [3.8, 4) is 0 Å². The molecule has 0 aliphatic rings. The summed E-state index contributed by atoms with van der Waals surface area (Å²) in [6.07, 6.45) is -4.53. The molecule has 0 heterocycles. The molecule has 0 saturated carbocycles. The highest BCUT2D eigenvalue weighted by atomic mass is 32.2. The molecule has 0 aliphatic carbocycles. The number of alkyl halides is 3. The van der Waals surface area contributed by atoms with E-state index in [-0.39, 0.29) is 11.8 Å². The molecule has 15 heavy (non-hydrogen) atoms. The quantitative estimate of drug-likeness (QED) is 0.754. The van der Waals surface area contributed by atoms with Crippen molar-refractivity contribution in [1.29, 1.82) is 0 Å². The maximum absolute atomic E-state index is 12.3. The SMILES string of the molecule is CC(=O)NCC(SCC(=O)O)C(F)(F)F. The Morgan fingerprint density at radius 2 is 2.00 bits per heavy atom. The predicted molar refractivity (Wildman–Crippen MR) is 48.6 cm³/mol. The number of carbonyl (C=O) groups is 2. The van der Waals surface area contributed by atoms with Gasteiger partial charge in [0.2, 0.25) is 5.91 Å². The summed E-state index contributed by atoms with van der Waals surface area (Å²) in [5, 5.41) is 8.34. The van der Waals surface area contributed by atoms with Crippen molar-refractivity contribution in [3.05, 3.63) is 0 Å². The maximum Gasteiger partial charge on any atom is 0.402 e. The van der Waals surface area contributed by atoms with Crippen LogP contribution in [-0.4, -0.2) is 40.7 Å². The molecule has 1 atom stereocenters. The van der Waals surface area contributed by atoms with Gasteiger partial charge in [-0.3, -0.25) is 9.59 Å².